The quantitative estimate of drug-likeness (QED) is 0.792. The summed E-state index contributed by atoms with van der Waals surface area (Å²) < 4.78 is 13.4. The number of aryl methyl sites for hydroxylation is 1. The highest BCUT2D eigenvalue weighted by atomic mass is 19.1. The molecule has 3 nitrogen and oxygen atoms in total. The molecule has 1 aromatic rings. The molecule has 4 heteroatoms. The highest BCUT2D eigenvalue weighted by molar-refractivity contribution is 5.66. The van der Waals surface area contributed by atoms with E-state index in [1.54, 1.807) is 13.0 Å². The zero-order valence-electron chi connectivity index (χ0n) is 11.3. The van der Waals surface area contributed by atoms with Crippen LogP contribution in [0.2, 0.25) is 0 Å². The van der Waals surface area contributed by atoms with E-state index in [1.165, 1.54) is 25.3 Å². The Bertz CT molecular complexity index is 423. The van der Waals surface area contributed by atoms with Crippen LogP contribution < -0.4 is 11.2 Å². The van der Waals surface area contributed by atoms with Crippen LogP contribution in [0.15, 0.2) is 12.1 Å². The normalized spacial score (nSPS) is 25.1. The number of hydrogen-bond acceptors (Lipinski definition) is 3. The van der Waals surface area contributed by atoms with Gasteiger partial charge in [0, 0.05) is 12.1 Å². The Balaban J connectivity index is 2.20. The van der Waals surface area contributed by atoms with Crippen molar-refractivity contribution in [3.8, 4) is 0 Å². The molecule has 2 rings (SSSR count). The van der Waals surface area contributed by atoms with Crippen molar-refractivity contribution in [3.63, 3.8) is 0 Å². The van der Waals surface area contributed by atoms with Crippen molar-refractivity contribution in [1.29, 1.82) is 0 Å². The number of piperidine rings is 1. The molecule has 2 atom stereocenters. The van der Waals surface area contributed by atoms with Gasteiger partial charge in [-0.05, 0) is 51.3 Å². The zero-order valence-corrected chi connectivity index (χ0v) is 11.3. The minimum absolute atomic E-state index is 0.252. The van der Waals surface area contributed by atoms with Crippen molar-refractivity contribution in [1.82, 2.24) is 5.01 Å². The van der Waals surface area contributed by atoms with Gasteiger partial charge in [0.25, 0.3) is 0 Å². The molecular weight excluding hydrogens is 229 g/mol. The molecule has 0 spiro atoms. The monoisotopic (exact) mass is 251 g/mol. The molecule has 0 aliphatic carbocycles. The molecule has 18 heavy (non-hydrogen) atoms. The highest BCUT2D eigenvalue weighted by Crippen LogP contribution is 2.27. The fourth-order valence-corrected chi connectivity index (χ4v) is 2.57. The summed E-state index contributed by atoms with van der Waals surface area (Å²) in [5.41, 5.74) is 11.1. The number of halogens is 1. The summed E-state index contributed by atoms with van der Waals surface area (Å²) >= 11 is 0. The molecule has 3 N–H and O–H groups in total. The minimum atomic E-state index is -0.252. The van der Waals surface area contributed by atoms with E-state index in [9.17, 15) is 4.39 Å². The Morgan fingerprint density at radius 3 is 2.50 bits per heavy atom. The number of nitrogens with two attached hydrogens (primary N) is 1. The van der Waals surface area contributed by atoms with Crippen LogP contribution in [0.25, 0.3) is 0 Å². The lowest BCUT2D eigenvalue weighted by molar-refractivity contribution is 0.136. The van der Waals surface area contributed by atoms with Gasteiger partial charge in [-0.1, -0.05) is 6.42 Å². The van der Waals surface area contributed by atoms with Crippen LogP contribution in [0.1, 0.15) is 38.7 Å². The molecule has 0 bridgehead atoms. The Morgan fingerprint density at radius 1 is 1.28 bits per heavy atom. The van der Waals surface area contributed by atoms with Crippen molar-refractivity contribution >= 4 is 11.4 Å². The van der Waals surface area contributed by atoms with E-state index in [0.29, 0.717) is 23.3 Å². The van der Waals surface area contributed by atoms with Crippen molar-refractivity contribution in [2.45, 2.75) is 52.1 Å². The average Bonchev–Trinajstić information content (AvgIpc) is 2.30. The van der Waals surface area contributed by atoms with Crippen molar-refractivity contribution in [2.24, 2.45) is 0 Å². The Hall–Kier alpha value is -1.29. The smallest absolute Gasteiger partial charge is 0.128 e. The van der Waals surface area contributed by atoms with Gasteiger partial charge >= 0.3 is 0 Å². The van der Waals surface area contributed by atoms with Gasteiger partial charge in [-0.3, -0.25) is 0 Å². The summed E-state index contributed by atoms with van der Waals surface area (Å²) in [6.07, 6.45) is 3.62. The molecule has 1 heterocycles. The van der Waals surface area contributed by atoms with Crippen LogP contribution in [0.5, 0.6) is 0 Å². The molecule has 0 amide bonds. The lowest BCUT2D eigenvalue weighted by atomic mass is 10.00. The van der Waals surface area contributed by atoms with Crippen molar-refractivity contribution in [2.75, 3.05) is 11.2 Å². The first-order valence-electron chi connectivity index (χ1n) is 6.59. The molecule has 2 unspecified atom stereocenters. The second kappa shape index (κ2) is 5.14. The molecule has 0 saturated carbocycles. The molecular formula is C14H22FN3. The van der Waals surface area contributed by atoms with Gasteiger partial charge in [0.1, 0.15) is 5.82 Å². The van der Waals surface area contributed by atoms with Gasteiger partial charge in [-0.25, -0.2) is 9.40 Å². The third-order valence-electron chi connectivity index (χ3n) is 3.77. The molecule has 0 radical (unpaired) electrons. The van der Waals surface area contributed by atoms with Crippen LogP contribution in [-0.2, 0) is 0 Å². The third kappa shape index (κ3) is 2.58. The van der Waals surface area contributed by atoms with Crippen LogP contribution in [0.4, 0.5) is 15.8 Å². The standard InChI is InChI=1S/C14H22FN3/c1-9-7-14(13(16)8-12(9)15)17-18-10(2)5-4-6-11(18)3/h7-8,10-11,17H,4-6,16H2,1-3H3. The number of hydrogen-bond donors (Lipinski definition) is 2. The average molecular weight is 251 g/mol. The maximum Gasteiger partial charge on any atom is 0.128 e. The van der Waals surface area contributed by atoms with Gasteiger partial charge in [0.15, 0.2) is 0 Å². The summed E-state index contributed by atoms with van der Waals surface area (Å²) in [5.74, 6) is -0.252. The molecule has 100 valence electrons. The predicted molar refractivity (Wildman–Crippen MR) is 73.8 cm³/mol. The number of hydrazine groups is 1. The van der Waals surface area contributed by atoms with E-state index in [4.69, 9.17) is 5.73 Å². The summed E-state index contributed by atoms with van der Waals surface area (Å²) in [5, 5.41) is 2.23. The van der Waals surface area contributed by atoms with E-state index in [0.717, 1.165) is 5.69 Å². The summed E-state index contributed by atoms with van der Waals surface area (Å²) in [4.78, 5) is 0. The van der Waals surface area contributed by atoms with Gasteiger partial charge in [-0.15, -0.1) is 0 Å². The lowest BCUT2D eigenvalue weighted by Crippen LogP contribution is -2.47. The topological polar surface area (TPSA) is 41.3 Å². The first kappa shape index (κ1) is 13.1. The number of benzene rings is 1. The fraction of sp³-hybridized carbons (Fsp3) is 0.571. The van der Waals surface area contributed by atoms with Crippen molar-refractivity contribution < 1.29 is 4.39 Å². The van der Waals surface area contributed by atoms with Gasteiger partial charge < -0.3 is 11.2 Å². The second-order valence-corrected chi connectivity index (χ2v) is 5.34. The zero-order chi connectivity index (χ0) is 13.3. The van der Waals surface area contributed by atoms with E-state index in [-0.39, 0.29) is 5.82 Å². The molecule has 1 saturated heterocycles. The number of nitrogens with zero attached hydrogens (tertiary/aromatic N) is 1. The number of anilines is 2. The molecule has 1 aliphatic heterocycles. The molecule has 0 aromatic heterocycles. The Labute approximate surface area is 108 Å². The van der Waals surface area contributed by atoms with Crippen molar-refractivity contribution in [3.05, 3.63) is 23.5 Å². The lowest BCUT2D eigenvalue weighted by Gasteiger charge is -2.39. The maximum absolute atomic E-state index is 13.4. The maximum atomic E-state index is 13.4. The first-order chi connectivity index (χ1) is 8.49. The Kier molecular flexibility index (Phi) is 3.76. The molecule has 1 aromatic carbocycles. The van der Waals surface area contributed by atoms with E-state index < -0.39 is 0 Å². The van der Waals surface area contributed by atoms with Gasteiger partial charge in [0.2, 0.25) is 0 Å². The SMILES string of the molecule is Cc1cc(NN2C(C)CCCC2C)c(N)cc1F. The van der Waals surface area contributed by atoms with Crippen LogP contribution in [0, 0.1) is 12.7 Å². The van der Waals surface area contributed by atoms with Crippen LogP contribution in [-0.4, -0.2) is 17.1 Å². The predicted octanol–water partition coefficient (Wildman–Crippen LogP) is 3.31. The van der Waals surface area contributed by atoms with Crippen LogP contribution >= 0.6 is 0 Å². The van der Waals surface area contributed by atoms with Gasteiger partial charge in [0.05, 0.1) is 11.4 Å². The largest absolute Gasteiger partial charge is 0.397 e. The fourth-order valence-electron chi connectivity index (χ4n) is 2.57. The third-order valence-corrected chi connectivity index (χ3v) is 3.77. The number of nitrogens with one attached hydrogen (secondary N) is 1. The minimum Gasteiger partial charge on any atom is -0.397 e. The van der Waals surface area contributed by atoms with Crippen LogP contribution in [0.3, 0.4) is 0 Å². The summed E-state index contributed by atoms with van der Waals surface area (Å²) in [6, 6.07) is 4.10. The van der Waals surface area contributed by atoms with Gasteiger partial charge in [-0.2, -0.15) is 0 Å². The number of nitrogen functional groups attached to an aromatic ring is 1. The molecule has 1 aliphatic rings. The van der Waals surface area contributed by atoms with E-state index in [1.807, 2.05) is 0 Å². The Morgan fingerprint density at radius 2 is 1.89 bits per heavy atom. The number of rotatable bonds is 2. The first-order valence-corrected chi connectivity index (χ1v) is 6.59. The van der Waals surface area contributed by atoms with E-state index in [2.05, 4.69) is 24.3 Å². The van der Waals surface area contributed by atoms with E-state index >= 15 is 0 Å². The second-order valence-electron chi connectivity index (χ2n) is 5.34. The summed E-state index contributed by atoms with van der Waals surface area (Å²) in [7, 11) is 0. The molecule has 1 fully saturated rings. The highest BCUT2D eigenvalue weighted by Gasteiger charge is 2.25. The summed E-state index contributed by atoms with van der Waals surface area (Å²) in [6.45, 7) is 6.16.